The summed E-state index contributed by atoms with van der Waals surface area (Å²) in [6.07, 6.45) is 36.8. The van der Waals surface area contributed by atoms with E-state index in [4.69, 9.17) is 0 Å². The smallest absolute Gasteiger partial charge is 0.0591 e. The van der Waals surface area contributed by atoms with E-state index in [0.29, 0.717) is 0 Å². The van der Waals surface area contributed by atoms with Crippen LogP contribution < -0.4 is 0 Å². The Labute approximate surface area is 256 Å². The van der Waals surface area contributed by atoms with Crippen molar-refractivity contribution in [1.29, 1.82) is 0 Å². The fourth-order valence-corrected chi connectivity index (χ4v) is 4.35. The number of allylic oxidation sites excluding steroid dienone is 18. The molecule has 0 spiro atoms. The Hall–Kier alpha value is -2.38. The Bertz CT molecular complexity index is 1000. The van der Waals surface area contributed by atoms with E-state index in [0.717, 1.165) is 64.2 Å². The van der Waals surface area contributed by atoms with Gasteiger partial charge in [-0.05, 0) is 140 Å². The third-order valence-corrected chi connectivity index (χ3v) is 7.14. The van der Waals surface area contributed by atoms with Gasteiger partial charge in [0.1, 0.15) is 0 Å². The first-order valence-electron chi connectivity index (χ1n) is 16.0. The Morgan fingerprint density at radius 3 is 1.41 bits per heavy atom. The lowest BCUT2D eigenvalue weighted by atomic mass is 9.99. The molecule has 0 aromatic carbocycles. The summed E-state index contributed by atoms with van der Waals surface area (Å²) >= 11 is 0. The zero-order chi connectivity index (χ0) is 31.1. The van der Waals surface area contributed by atoms with Gasteiger partial charge in [0.15, 0.2) is 0 Å². The van der Waals surface area contributed by atoms with Crippen molar-refractivity contribution in [2.75, 3.05) is 0 Å². The molecule has 0 unspecified atom stereocenters. The molecule has 0 atom stereocenters. The van der Waals surface area contributed by atoms with Crippen molar-refractivity contribution in [3.8, 4) is 0 Å². The molecule has 0 aliphatic rings. The highest BCUT2D eigenvalue weighted by molar-refractivity contribution is 5.27. The fraction of sp³-hybridized carbons (Fsp3) is 0.550. The maximum Gasteiger partial charge on any atom is 0.0591 e. The molecule has 0 bridgehead atoms. The predicted octanol–water partition coefficient (Wildman–Crippen LogP) is 12.8. The van der Waals surface area contributed by atoms with E-state index in [-0.39, 0.29) is 0 Å². The summed E-state index contributed by atoms with van der Waals surface area (Å²) in [5.74, 6) is 0. The van der Waals surface area contributed by atoms with Gasteiger partial charge in [-0.25, -0.2) is 0 Å². The van der Waals surface area contributed by atoms with Gasteiger partial charge >= 0.3 is 0 Å². The minimum Gasteiger partial charge on any atom is -0.390 e. The van der Waals surface area contributed by atoms with Crippen LogP contribution in [-0.2, 0) is 0 Å². The van der Waals surface area contributed by atoms with Crippen LogP contribution in [0.15, 0.2) is 106 Å². The average Bonchev–Trinajstić information content (AvgIpc) is 2.85. The van der Waals surface area contributed by atoms with Crippen molar-refractivity contribution < 1.29 is 5.11 Å². The molecule has 0 amide bonds. The number of aliphatic hydroxyl groups is 1. The first kappa shape index (κ1) is 38.6. The Morgan fingerprint density at radius 2 is 0.927 bits per heavy atom. The molecule has 0 rings (SSSR count). The summed E-state index contributed by atoms with van der Waals surface area (Å²) in [6.45, 7) is 21.4. The lowest BCUT2D eigenvalue weighted by Gasteiger charge is -2.16. The quantitative estimate of drug-likeness (QED) is 0.116. The summed E-state index contributed by atoms with van der Waals surface area (Å²) in [5.41, 5.74) is 9.37. The van der Waals surface area contributed by atoms with Gasteiger partial charge < -0.3 is 5.11 Å². The molecule has 0 aliphatic heterocycles. The van der Waals surface area contributed by atoms with Gasteiger partial charge in [0.25, 0.3) is 0 Å². The van der Waals surface area contributed by atoms with Gasteiger partial charge in [0, 0.05) is 0 Å². The van der Waals surface area contributed by atoms with E-state index < -0.39 is 5.60 Å². The van der Waals surface area contributed by atoms with E-state index in [1.54, 1.807) is 0 Å². The molecular formula is C40H64O. The molecule has 1 nitrogen and oxygen atoms in total. The van der Waals surface area contributed by atoms with Crippen LogP contribution >= 0.6 is 0 Å². The molecule has 0 aromatic heterocycles. The second kappa shape index (κ2) is 23.2. The van der Waals surface area contributed by atoms with Crippen LogP contribution in [0.4, 0.5) is 0 Å². The molecule has 1 N–H and O–H groups in total. The first-order valence-corrected chi connectivity index (χ1v) is 16.0. The Balaban J connectivity index is 4.38. The maximum absolute atomic E-state index is 9.83. The molecule has 0 radical (unpaired) electrons. The second-order valence-corrected chi connectivity index (χ2v) is 12.9. The minimum atomic E-state index is -0.552. The standard InChI is InChI=1S/C40H64O/c1-33(2)19-13-22-36(5)25-16-28-37(6)26-14-23-34(3)20-11-12-21-35(4)24-15-27-38(7)29-17-30-39(8)31-18-32-40(9,10)41/h11-12,15,19-21,24-27,30,41H,13-14,16-18,22-23,28-29,31-32H2,1-10H3. The topological polar surface area (TPSA) is 20.2 Å². The number of rotatable bonds is 20. The predicted molar refractivity (Wildman–Crippen MR) is 187 cm³/mol. The lowest BCUT2D eigenvalue weighted by Crippen LogP contribution is -2.17. The van der Waals surface area contributed by atoms with Crippen molar-refractivity contribution in [2.45, 2.75) is 145 Å². The van der Waals surface area contributed by atoms with E-state index in [2.05, 4.69) is 122 Å². The summed E-state index contributed by atoms with van der Waals surface area (Å²) in [6, 6.07) is 0. The van der Waals surface area contributed by atoms with Crippen molar-refractivity contribution in [2.24, 2.45) is 0 Å². The van der Waals surface area contributed by atoms with Crippen LogP contribution in [0.2, 0.25) is 0 Å². The Kier molecular flexibility index (Phi) is 21.9. The monoisotopic (exact) mass is 560 g/mol. The molecule has 0 heterocycles. The normalized spacial score (nSPS) is 15.0. The zero-order valence-corrected chi connectivity index (χ0v) is 28.6. The molecule has 0 aromatic rings. The van der Waals surface area contributed by atoms with Crippen molar-refractivity contribution in [3.05, 3.63) is 106 Å². The van der Waals surface area contributed by atoms with Gasteiger partial charge in [0.2, 0.25) is 0 Å². The van der Waals surface area contributed by atoms with Gasteiger partial charge in [-0.3, -0.25) is 0 Å². The second-order valence-electron chi connectivity index (χ2n) is 12.9. The fourth-order valence-electron chi connectivity index (χ4n) is 4.35. The molecule has 0 saturated carbocycles. The summed E-state index contributed by atoms with van der Waals surface area (Å²) in [4.78, 5) is 0. The first-order chi connectivity index (χ1) is 19.3. The average molecular weight is 561 g/mol. The van der Waals surface area contributed by atoms with Crippen molar-refractivity contribution in [3.63, 3.8) is 0 Å². The molecule has 0 saturated heterocycles. The van der Waals surface area contributed by atoms with Gasteiger partial charge in [0.05, 0.1) is 5.60 Å². The summed E-state index contributed by atoms with van der Waals surface area (Å²) < 4.78 is 0. The third kappa shape index (κ3) is 27.6. The maximum atomic E-state index is 9.83. The highest BCUT2D eigenvalue weighted by Gasteiger charge is 2.11. The summed E-state index contributed by atoms with van der Waals surface area (Å²) in [7, 11) is 0. The van der Waals surface area contributed by atoms with Crippen molar-refractivity contribution >= 4 is 0 Å². The zero-order valence-electron chi connectivity index (χ0n) is 28.6. The van der Waals surface area contributed by atoms with E-state index >= 15 is 0 Å². The lowest BCUT2D eigenvalue weighted by molar-refractivity contribution is 0.0689. The van der Waals surface area contributed by atoms with Crippen molar-refractivity contribution in [1.82, 2.24) is 0 Å². The van der Waals surface area contributed by atoms with Crippen LogP contribution in [-0.4, -0.2) is 10.7 Å². The number of hydrogen-bond acceptors (Lipinski definition) is 1. The van der Waals surface area contributed by atoms with E-state index in [1.165, 1.54) is 45.4 Å². The summed E-state index contributed by atoms with van der Waals surface area (Å²) in [5, 5.41) is 9.83. The molecule has 41 heavy (non-hydrogen) atoms. The largest absolute Gasteiger partial charge is 0.390 e. The van der Waals surface area contributed by atoms with E-state index in [1.807, 2.05) is 13.8 Å². The van der Waals surface area contributed by atoms with E-state index in [9.17, 15) is 5.11 Å². The van der Waals surface area contributed by atoms with Gasteiger partial charge in [-0.15, -0.1) is 0 Å². The van der Waals surface area contributed by atoms with Crippen LogP contribution in [0.1, 0.15) is 140 Å². The molecular weight excluding hydrogens is 496 g/mol. The third-order valence-electron chi connectivity index (χ3n) is 7.14. The highest BCUT2D eigenvalue weighted by Crippen LogP contribution is 2.17. The van der Waals surface area contributed by atoms with Gasteiger partial charge in [-0.2, -0.15) is 0 Å². The SMILES string of the molecule is CC(C)=CCCC(C)=CCCC(C)=CCCC(C)=CC=CC=C(C)C=CC=C(C)CCC=C(C)CCCC(C)(C)O. The van der Waals surface area contributed by atoms with Crippen LogP contribution in [0, 0.1) is 0 Å². The van der Waals surface area contributed by atoms with Crippen LogP contribution in [0.5, 0.6) is 0 Å². The minimum absolute atomic E-state index is 0.552. The van der Waals surface area contributed by atoms with Gasteiger partial charge in [-0.1, -0.05) is 106 Å². The molecule has 1 heteroatoms. The highest BCUT2D eigenvalue weighted by atomic mass is 16.3. The molecule has 0 fully saturated rings. The Morgan fingerprint density at radius 1 is 0.512 bits per heavy atom. The van der Waals surface area contributed by atoms with Crippen LogP contribution in [0.25, 0.3) is 0 Å². The number of hydrogen-bond donors (Lipinski definition) is 1. The molecule has 230 valence electrons. The molecule has 0 aliphatic carbocycles. The van der Waals surface area contributed by atoms with Crippen LogP contribution in [0.3, 0.4) is 0 Å².